The highest BCUT2D eigenvalue weighted by molar-refractivity contribution is 5.79. The summed E-state index contributed by atoms with van der Waals surface area (Å²) in [7, 11) is 1.67. The van der Waals surface area contributed by atoms with Crippen molar-refractivity contribution in [1.29, 1.82) is 0 Å². The van der Waals surface area contributed by atoms with E-state index in [2.05, 4.69) is 0 Å². The monoisotopic (exact) mass is 252 g/mol. The van der Waals surface area contributed by atoms with Gasteiger partial charge in [-0.05, 0) is 26.0 Å². The number of carbonyl (C=O) groups is 1. The van der Waals surface area contributed by atoms with E-state index in [0.29, 0.717) is 12.0 Å². The lowest BCUT2D eigenvalue weighted by atomic mass is 10.0. The van der Waals surface area contributed by atoms with Crippen LogP contribution >= 0.6 is 0 Å². The topological polar surface area (TPSA) is 83.7 Å². The number of anilines is 1. The summed E-state index contributed by atoms with van der Waals surface area (Å²) in [5.74, 6) is 0. The maximum atomic E-state index is 11.0. The normalized spacial score (nSPS) is 11.1. The maximum absolute atomic E-state index is 11.0. The highest BCUT2D eigenvalue weighted by atomic mass is 16.6. The lowest BCUT2D eigenvalue weighted by molar-refractivity contribution is -0.384. The fraction of sp³-hybridized carbons (Fsp3) is 0.417. The highest BCUT2D eigenvalue weighted by Gasteiger charge is 2.28. The van der Waals surface area contributed by atoms with Crippen molar-refractivity contribution in [2.75, 3.05) is 18.6 Å². The molecule has 0 unspecified atom stereocenters. The third kappa shape index (κ3) is 2.65. The zero-order valence-corrected chi connectivity index (χ0v) is 10.6. The van der Waals surface area contributed by atoms with E-state index < -0.39 is 10.5 Å². The number of nitro benzene ring substituents is 1. The fourth-order valence-corrected chi connectivity index (χ4v) is 1.48. The minimum atomic E-state index is -0.631. The van der Waals surface area contributed by atoms with Crippen molar-refractivity contribution in [2.45, 2.75) is 19.4 Å². The Morgan fingerprint density at radius 3 is 2.56 bits per heavy atom. The molecule has 0 amide bonds. The average molecular weight is 252 g/mol. The fourth-order valence-electron chi connectivity index (χ4n) is 1.48. The van der Waals surface area contributed by atoms with Gasteiger partial charge in [-0.2, -0.15) is 0 Å². The van der Waals surface area contributed by atoms with E-state index in [4.69, 9.17) is 0 Å². The number of nitro groups is 1. The van der Waals surface area contributed by atoms with Crippen LogP contribution in [0.1, 0.15) is 24.2 Å². The number of aliphatic hydroxyl groups excluding tert-OH is 1. The van der Waals surface area contributed by atoms with Crippen molar-refractivity contribution < 1.29 is 14.8 Å². The Labute approximate surface area is 105 Å². The molecule has 0 aliphatic rings. The first-order chi connectivity index (χ1) is 8.33. The maximum Gasteiger partial charge on any atom is 0.293 e. The predicted octanol–water partition coefficient (Wildman–Crippen LogP) is 1.61. The first-order valence-electron chi connectivity index (χ1n) is 5.42. The number of rotatable bonds is 5. The summed E-state index contributed by atoms with van der Waals surface area (Å²) in [4.78, 5) is 22.7. The largest absolute Gasteiger partial charge is 0.394 e. The number of likely N-dealkylation sites (N-methyl/N-ethyl adjacent to an activating group) is 1. The van der Waals surface area contributed by atoms with Crippen LogP contribution in [0.25, 0.3) is 0 Å². The lowest BCUT2D eigenvalue weighted by Gasteiger charge is -2.35. The quantitative estimate of drug-likeness (QED) is 0.489. The first kappa shape index (κ1) is 14.1. The molecule has 0 heterocycles. The molecule has 1 aromatic rings. The van der Waals surface area contributed by atoms with Gasteiger partial charge < -0.3 is 10.0 Å². The Kier molecular flexibility index (Phi) is 4.03. The Hall–Kier alpha value is -1.95. The molecule has 0 fully saturated rings. The van der Waals surface area contributed by atoms with Crippen LogP contribution in [0.5, 0.6) is 0 Å². The SMILES string of the molecule is CN(c1ccc(C=O)cc1[N+](=O)[O-])C(C)(C)CO. The molecule has 0 aromatic heterocycles. The molecule has 6 nitrogen and oxygen atoms in total. The summed E-state index contributed by atoms with van der Waals surface area (Å²) in [6.45, 7) is 3.39. The number of nitrogens with zero attached hydrogens (tertiary/aromatic N) is 2. The molecule has 0 saturated heterocycles. The van der Waals surface area contributed by atoms with E-state index in [1.54, 1.807) is 25.8 Å². The molecule has 0 spiro atoms. The Balaban J connectivity index is 3.32. The van der Waals surface area contributed by atoms with Gasteiger partial charge in [0.15, 0.2) is 0 Å². The van der Waals surface area contributed by atoms with Gasteiger partial charge in [-0.25, -0.2) is 0 Å². The standard InChI is InChI=1S/C12H16N2O4/c1-12(2,8-16)13(3)10-5-4-9(7-15)6-11(10)14(17)18/h4-7,16H,8H2,1-3H3. The molecule has 1 rings (SSSR count). The van der Waals surface area contributed by atoms with Crippen LogP contribution in [-0.2, 0) is 0 Å². The zero-order valence-electron chi connectivity index (χ0n) is 10.6. The molecular weight excluding hydrogens is 236 g/mol. The van der Waals surface area contributed by atoms with Gasteiger partial charge in [0.05, 0.1) is 17.1 Å². The molecule has 0 bridgehead atoms. The molecule has 0 radical (unpaired) electrons. The lowest BCUT2D eigenvalue weighted by Crippen LogP contribution is -2.44. The molecule has 1 N–H and O–H groups in total. The van der Waals surface area contributed by atoms with Crippen molar-refractivity contribution in [3.8, 4) is 0 Å². The molecule has 0 saturated carbocycles. The third-order valence-corrected chi connectivity index (χ3v) is 2.99. The van der Waals surface area contributed by atoms with Gasteiger partial charge in [0.1, 0.15) is 12.0 Å². The second-order valence-electron chi connectivity index (χ2n) is 4.65. The Morgan fingerprint density at radius 1 is 1.50 bits per heavy atom. The second-order valence-corrected chi connectivity index (χ2v) is 4.65. The summed E-state index contributed by atoms with van der Waals surface area (Å²) in [6.07, 6.45) is 0.563. The average Bonchev–Trinajstić information content (AvgIpc) is 2.36. The highest BCUT2D eigenvalue weighted by Crippen LogP contribution is 2.32. The van der Waals surface area contributed by atoms with Gasteiger partial charge in [-0.3, -0.25) is 14.9 Å². The van der Waals surface area contributed by atoms with E-state index in [1.165, 1.54) is 18.2 Å². The second kappa shape index (κ2) is 5.14. The van der Waals surface area contributed by atoms with Gasteiger partial charge in [0, 0.05) is 18.7 Å². The Bertz CT molecular complexity index is 471. The Morgan fingerprint density at radius 2 is 2.11 bits per heavy atom. The molecule has 1 aromatic carbocycles. The number of aldehydes is 1. The number of hydrogen-bond acceptors (Lipinski definition) is 5. The minimum Gasteiger partial charge on any atom is -0.394 e. The molecule has 0 atom stereocenters. The molecule has 98 valence electrons. The zero-order chi connectivity index (χ0) is 13.9. The summed E-state index contributed by atoms with van der Waals surface area (Å²) in [5.41, 5.74) is -0.165. The van der Waals surface area contributed by atoms with Crippen LogP contribution in [0.4, 0.5) is 11.4 Å². The van der Waals surface area contributed by atoms with E-state index in [0.717, 1.165) is 0 Å². The molecule has 6 heteroatoms. The third-order valence-electron chi connectivity index (χ3n) is 2.99. The van der Waals surface area contributed by atoms with Gasteiger partial charge >= 0.3 is 0 Å². The van der Waals surface area contributed by atoms with Crippen molar-refractivity contribution in [3.05, 3.63) is 33.9 Å². The molecule has 0 aliphatic carbocycles. The number of aliphatic hydroxyl groups is 1. The van der Waals surface area contributed by atoms with Crippen LogP contribution < -0.4 is 4.90 Å². The van der Waals surface area contributed by atoms with Crippen LogP contribution in [0, 0.1) is 10.1 Å². The summed E-state index contributed by atoms with van der Waals surface area (Å²) < 4.78 is 0. The summed E-state index contributed by atoms with van der Waals surface area (Å²) in [5, 5.41) is 20.3. The molecule has 18 heavy (non-hydrogen) atoms. The van der Waals surface area contributed by atoms with Crippen LogP contribution in [0.3, 0.4) is 0 Å². The number of hydrogen-bond donors (Lipinski definition) is 1. The minimum absolute atomic E-state index is 0.143. The van der Waals surface area contributed by atoms with Crippen LogP contribution in [-0.4, -0.2) is 35.5 Å². The van der Waals surface area contributed by atoms with Gasteiger partial charge in [-0.15, -0.1) is 0 Å². The van der Waals surface area contributed by atoms with Crippen molar-refractivity contribution >= 4 is 17.7 Å². The molecular formula is C12H16N2O4. The predicted molar refractivity (Wildman–Crippen MR) is 68.1 cm³/mol. The van der Waals surface area contributed by atoms with Gasteiger partial charge in [0.2, 0.25) is 0 Å². The summed E-state index contributed by atoms with van der Waals surface area (Å²) >= 11 is 0. The van der Waals surface area contributed by atoms with Crippen molar-refractivity contribution in [3.63, 3.8) is 0 Å². The van der Waals surface area contributed by atoms with Crippen molar-refractivity contribution in [1.82, 2.24) is 0 Å². The summed E-state index contributed by atoms with van der Waals surface area (Å²) in [6, 6.07) is 4.25. The van der Waals surface area contributed by atoms with Crippen LogP contribution in [0.15, 0.2) is 18.2 Å². The van der Waals surface area contributed by atoms with E-state index in [1.807, 2.05) is 0 Å². The van der Waals surface area contributed by atoms with Gasteiger partial charge in [0.25, 0.3) is 5.69 Å². The van der Waals surface area contributed by atoms with Crippen molar-refractivity contribution in [2.24, 2.45) is 0 Å². The molecule has 0 aliphatic heterocycles. The van der Waals surface area contributed by atoms with E-state index in [9.17, 15) is 20.0 Å². The van der Waals surface area contributed by atoms with Gasteiger partial charge in [-0.1, -0.05) is 0 Å². The number of carbonyl (C=O) groups excluding carboxylic acids is 1. The van der Waals surface area contributed by atoms with E-state index in [-0.39, 0.29) is 17.9 Å². The van der Waals surface area contributed by atoms with Crippen LogP contribution in [0.2, 0.25) is 0 Å². The smallest absolute Gasteiger partial charge is 0.293 e. The van der Waals surface area contributed by atoms with E-state index >= 15 is 0 Å². The first-order valence-corrected chi connectivity index (χ1v) is 5.42. The number of benzene rings is 1.